The molecule has 1 saturated heterocycles. The number of hydrogen-bond acceptors (Lipinski definition) is 9. The van der Waals surface area contributed by atoms with Crippen molar-refractivity contribution in [3.63, 3.8) is 0 Å². The number of nitrogen functional groups attached to an aromatic ring is 1. The number of carbonyl (C=O) groups excluding carboxylic acids is 1. The highest BCUT2D eigenvalue weighted by atomic mass is 16.6. The number of nitrogens with two attached hydrogens (primary N) is 1. The average Bonchev–Trinajstić information content (AvgIpc) is 3.33. The van der Waals surface area contributed by atoms with Gasteiger partial charge in [-0.25, -0.2) is 15.0 Å². The number of aliphatic hydroxyl groups is 1. The van der Waals surface area contributed by atoms with E-state index in [9.17, 15) is 4.79 Å². The van der Waals surface area contributed by atoms with Gasteiger partial charge in [-0.2, -0.15) is 0 Å². The van der Waals surface area contributed by atoms with Gasteiger partial charge in [0.15, 0.2) is 17.3 Å². The molecule has 0 amide bonds. The average molecular weight is 449 g/mol. The van der Waals surface area contributed by atoms with Crippen LogP contribution in [0.1, 0.15) is 59.6 Å². The molecule has 10 heteroatoms. The highest BCUT2D eigenvalue weighted by Crippen LogP contribution is 2.35. The summed E-state index contributed by atoms with van der Waals surface area (Å²) in [6, 6.07) is 0.936. The number of nitrogens with zero attached hydrogens (tertiary/aromatic N) is 5. The summed E-state index contributed by atoms with van der Waals surface area (Å²) in [6.07, 6.45) is 8.26. The third kappa shape index (κ3) is 5.80. The second kappa shape index (κ2) is 10.2. The standard InChI is InChI=1S/C18H26N6O2.C4H10O2/c1-11(2)23(13-5-12(6-13)8-25)7-14-3-4-15(26-14)24-10-22-16-17(19)20-9-21-18(16)24;1-4(2,5)6-3/h8-15H,3-7H2,1-2H3,(H2,19,20,21);5H,1-3H3. The largest absolute Gasteiger partial charge is 0.382 e. The Morgan fingerprint density at radius 2 is 2.03 bits per heavy atom. The van der Waals surface area contributed by atoms with Crippen LogP contribution in [0.25, 0.3) is 11.2 Å². The zero-order valence-electron chi connectivity index (χ0n) is 19.6. The van der Waals surface area contributed by atoms with Gasteiger partial charge in [0.25, 0.3) is 0 Å². The SMILES string of the molecule is CC(C)N(CC1CCC(n2cnc3c(N)ncnc32)O1)C1CC(C=O)C1.COC(C)(C)O. The predicted octanol–water partition coefficient (Wildman–Crippen LogP) is 2.14. The molecular weight excluding hydrogens is 412 g/mol. The van der Waals surface area contributed by atoms with Crippen LogP contribution in [0.2, 0.25) is 0 Å². The summed E-state index contributed by atoms with van der Waals surface area (Å²) in [5, 5.41) is 8.60. The summed E-state index contributed by atoms with van der Waals surface area (Å²) in [5.74, 6) is -0.329. The van der Waals surface area contributed by atoms with Crippen LogP contribution in [0.15, 0.2) is 12.7 Å². The van der Waals surface area contributed by atoms with E-state index in [2.05, 4.69) is 38.4 Å². The van der Waals surface area contributed by atoms with E-state index in [1.54, 1.807) is 20.2 Å². The van der Waals surface area contributed by atoms with Crippen LogP contribution in [-0.2, 0) is 14.3 Å². The van der Waals surface area contributed by atoms with Gasteiger partial charge in [-0.05, 0) is 53.4 Å². The Hall–Kier alpha value is -2.14. The maximum absolute atomic E-state index is 10.9. The van der Waals surface area contributed by atoms with Crippen molar-refractivity contribution in [2.24, 2.45) is 5.92 Å². The molecule has 3 N–H and O–H groups in total. The maximum Gasteiger partial charge on any atom is 0.167 e. The van der Waals surface area contributed by atoms with E-state index >= 15 is 0 Å². The number of methoxy groups -OCH3 is 1. The zero-order valence-corrected chi connectivity index (χ0v) is 19.6. The van der Waals surface area contributed by atoms with E-state index in [0.717, 1.165) is 44.2 Å². The van der Waals surface area contributed by atoms with Crippen molar-refractivity contribution in [2.45, 2.75) is 83.6 Å². The lowest BCUT2D eigenvalue weighted by molar-refractivity contribution is -0.155. The van der Waals surface area contributed by atoms with Crippen molar-refractivity contribution >= 4 is 23.3 Å². The van der Waals surface area contributed by atoms with E-state index in [0.29, 0.717) is 23.4 Å². The first kappa shape index (κ1) is 24.5. The van der Waals surface area contributed by atoms with Crippen molar-refractivity contribution in [3.8, 4) is 0 Å². The quantitative estimate of drug-likeness (QED) is 0.483. The molecule has 2 unspecified atom stereocenters. The molecule has 0 bridgehead atoms. The molecule has 0 radical (unpaired) electrons. The minimum Gasteiger partial charge on any atom is -0.382 e. The number of rotatable bonds is 7. The minimum atomic E-state index is -0.958. The molecule has 32 heavy (non-hydrogen) atoms. The molecule has 1 aliphatic heterocycles. The van der Waals surface area contributed by atoms with E-state index in [-0.39, 0.29) is 18.2 Å². The smallest absolute Gasteiger partial charge is 0.167 e. The highest BCUT2D eigenvalue weighted by Gasteiger charge is 2.37. The van der Waals surface area contributed by atoms with E-state index in [1.807, 2.05) is 4.57 Å². The molecule has 2 aromatic rings. The van der Waals surface area contributed by atoms with Crippen molar-refractivity contribution in [2.75, 3.05) is 19.4 Å². The molecule has 2 aliphatic rings. The Morgan fingerprint density at radius 1 is 1.34 bits per heavy atom. The van der Waals surface area contributed by atoms with Crippen LogP contribution < -0.4 is 5.73 Å². The topological polar surface area (TPSA) is 129 Å². The molecule has 2 aromatic heterocycles. The first-order chi connectivity index (χ1) is 15.1. The summed E-state index contributed by atoms with van der Waals surface area (Å²) < 4.78 is 12.8. The number of anilines is 1. The monoisotopic (exact) mass is 448 g/mol. The summed E-state index contributed by atoms with van der Waals surface area (Å²) in [5.41, 5.74) is 7.22. The van der Waals surface area contributed by atoms with Crippen molar-refractivity contribution < 1.29 is 19.4 Å². The first-order valence-electron chi connectivity index (χ1n) is 11.2. The van der Waals surface area contributed by atoms with Gasteiger partial charge in [-0.15, -0.1) is 0 Å². The second-order valence-corrected chi connectivity index (χ2v) is 9.34. The molecule has 2 atom stereocenters. The van der Waals surface area contributed by atoms with Gasteiger partial charge in [0.1, 0.15) is 24.4 Å². The third-order valence-corrected chi connectivity index (χ3v) is 6.17. The molecule has 10 nitrogen and oxygen atoms in total. The van der Waals surface area contributed by atoms with Gasteiger partial charge in [0, 0.05) is 31.7 Å². The Balaban J connectivity index is 0.000000427. The zero-order chi connectivity index (χ0) is 23.5. The normalized spacial score (nSPS) is 25.6. The van der Waals surface area contributed by atoms with E-state index < -0.39 is 5.79 Å². The lowest BCUT2D eigenvalue weighted by Gasteiger charge is -2.44. The second-order valence-electron chi connectivity index (χ2n) is 9.34. The summed E-state index contributed by atoms with van der Waals surface area (Å²) in [6.45, 7) is 8.47. The number of hydrogen-bond donors (Lipinski definition) is 2. The van der Waals surface area contributed by atoms with Crippen LogP contribution >= 0.6 is 0 Å². The Kier molecular flexibility index (Phi) is 7.81. The molecule has 2 fully saturated rings. The number of fused-ring (bicyclic) bond motifs is 1. The molecular formula is C22H36N6O4. The fourth-order valence-corrected chi connectivity index (χ4v) is 4.13. The minimum absolute atomic E-state index is 0.0718. The predicted molar refractivity (Wildman–Crippen MR) is 121 cm³/mol. The van der Waals surface area contributed by atoms with Crippen molar-refractivity contribution in [1.29, 1.82) is 0 Å². The van der Waals surface area contributed by atoms with Gasteiger partial charge in [-0.1, -0.05) is 0 Å². The van der Waals surface area contributed by atoms with Crippen molar-refractivity contribution in [1.82, 2.24) is 24.4 Å². The Bertz CT molecular complexity index is 890. The molecule has 1 saturated carbocycles. The number of aldehydes is 1. The third-order valence-electron chi connectivity index (χ3n) is 6.17. The number of imidazole rings is 1. The molecule has 0 spiro atoms. The van der Waals surface area contributed by atoms with Gasteiger partial charge in [-0.3, -0.25) is 9.47 Å². The van der Waals surface area contributed by atoms with Crippen LogP contribution in [0.4, 0.5) is 5.82 Å². The van der Waals surface area contributed by atoms with Crippen LogP contribution in [0.3, 0.4) is 0 Å². The molecule has 1 aliphatic carbocycles. The van der Waals surface area contributed by atoms with Crippen LogP contribution in [0.5, 0.6) is 0 Å². The maximum atomic E-state index is 10.9. The first-order valence-corrected chi connectivity index (χ1v) is 11.2. The summed E-state index contributed by atoms with van der Waals surface area (Å²) in [4.78, 5) is 26.0. The fraction of sp³-hybridized carbons (Fsp3) is 0.727. The van der Waals surface area contributed by atoms with E-state index in [1.165, 1.54) is 13.4 Å². The fourth-order valence-electron chi connectivity index (χ4n) is 4.13. The highest BCUT2D eigenvalue weighted by molar-refractivity contribution is 5.81. The van der Waals surface area contributed by atoms with Gasteiger partial charge < -0.3 is 25.1 Å². The van der Waals surface area contributed by atoms with Gasteiger partial charge >= 0.3 is 0 Å². The lowest BCUT2D eigenvalue weighted by atomic mass is 9.79. The van der Waals surface area contributed by atoms with Gasteiger partial charge in [0.2, 0.25) is 0 Å². The number of carbonyl (C=O) groups is 1. The van der Waals surface area contributed by atoms with Crippen LogP contribution in [0, 0.1) is 5.92 Å². The number of ether oxygens (including phenoxy) is 2. The molecule has 0 aromatic carbocycles. The van der Waals surface area contributed by atoms with Gasteiger partial charge in [0.05, 0.1) is 12.4 Å². The lowest BCUT2D eigenvalue weighted by Crippen LogP contribution is -2.51. The van der Waals surface area contributed by atoms with Crippen molar-refractivity contribution in [3.05, 3.63) is 12.7 Å². The molecule has 178 valence electrons. The van der Waals surface area contributed by atoms with E-state index in [4.69, 9.17) is 15.6 Å². The summed E-state index contributed by atoms with van der Waals surface area (Å²) >= 11 is 0. The molecule has 3 heterocycles. The number of aromatic nitrogens is 4. The Labute approximate surface area is 189 Å². The molecule has 4 rings (SSSR count). The Morgan fingerprint density at radius 3 is 2.62 bits per heavy atom. The summed E-state index contributed by atoms with van der Waals surface area (Å²) in [7, 11) is 1.46. The van der Waals surface area contributed by atoms with Crippen LogP contribution in [-0.4, -0.2) is 73.4 Å².